The molecule has 0 aliphatic carbocycles. The molecular weight excluding hydrogens is 262 g/mol. The maximum absolute atomic E-state index is 12.1. The van der Waals surface area contributed by atoms with Crippen LogP contribution in [0.2, 0.25) is 0 Å². The third-order valence-corrected chi connectivity index (χ3v) is 4.41. The van der Waals surface area contributed by atoms with Gasteiger partial charge in [-0.05, 0) is 25.3 Å². The van der Waals surface area contributed by atoms with Crippen molar-refractivity contribution in [3.05, 3.63) is 35.4 Å². The predicted octanol–water partition coefficient (Wildman–Crippen LogP) is 1.98. The molecule has 1 amide bonds. The summed E-state index contributed by atoms with van der Waals surface area (Å²) in [6.07, 6.45) is 1.71. The van der Waals surface area contributed by atoms with Crippen molar-refractivity contribution in [3.63, 3.8) is 0 Å². The van der Waals surface area contributed by atoms with Crippen LogP contribution in [-0.2, 0) is 4.79 Å². The first-order valence-corrected chi connectivity index (χ1v) is 7.94. The minimum atomic E-state index is -0.0809. The van der Waals surface area contributed by atoms with Gasteiger partial charge in [0.15, 0.2) is 0 Å². The molecule has 3 N–H and O–H groups in total. The number of hydrogen-bond donors (Lipinski definition) is 2. The summed E-state index contributed by atoms with van der Waals surface area (Å²) in [6.45, 7) is 7.81. The van der Waals surface area contributed by atoms with Gasteiger partial charge in [0.25, 0.3) is 0 Å². The van der Waals surface area contributed by atoms with Crippen LogP contribution in [-0.4, -0.2) is 36.0 Å². The number of rotatable bonds is 5. The molecule has 1 saturated heterocycles. The molecule has 0 bridgehead atoms. The highest BCUT2D eigenvalue weighted by Gasteiger charge is 2.36. The van der Waals surface area contributed by atoms with E-state index in [-0.39, 0.29) is 24.0 Å². The van der Waals surface area contributed by atoms with Gasteiger partial charge in [0.2, 0.25) is 5.91 Å². The summed E-state index contributed by atoms with van der Waals surface area (Å²) < 4.78 is 0. The Balaban J connectivity index is 2.34. The zero-order valence-electron chi connectivity index (χ0n) is 13.3. The lowest BCUT2D eigenvalue weighted by Crippen LogP contribution is -2.58. The molecule has 3 atom stereocenters. The Kier molecular flexibility index (Phi) is 5.37. The van der Waals surface area contributed by atoms with Crippen molar-refractivity contribution in [2.75, 3.05) is 13.1 Å². The molecule has 3 unspecified atom stereocenters. The smallest absolute Gasteiger partial charge is 0.237 e. The molecule has 0 aromatic heterocycles. The number of carbonyl (C=O) groups excluding carboxylic acids is 1. The number of benzene rings is 1. The van der Waals surface area contributed by atoms with Gasteiger partial charge in [-0.2, -0.15) is 0 Å². The van der Waals surface area contributed by atoms with Crippen LogP contribution in [0.25, 0.3) is 0 Å². The average Bonchev–Trinajstić information content (AvgIpc) is 2.49. The third-order valence-electron chi connectivity index (χ3n) is 4.41. The number of nitrogens with two attached hydrogens (primary N) is 1. The maximum atomic E-state index is 12.1. The predicted molar refractivity (Wildman–Crippen MR) is 86.0 cm³/mol. The Hall–Kier alpha value is -1.39. The molecule has 4 nitrogen and oxygen atoms in total. The molecule has 1 fully saturated rings. The summed E-state index contributed by atoms with van der Waals surface area (Å²) >= 11 is 0. The van der Waals surface area contributed by atoms with Gasteiger partial charge in [-0.15, -0.1) is 0 Å². The standard InChI is InChI=1S/C17H27N3O/c1-4-14(18)16(13-8-6-12(3)7-9-13)20-11-10-19-17(21)15(20)5-2/h6-9,14-16H,4-5,10-11,18H2,1-3H3,(H,19,21). The fraction of sp³-hybridized carbons (Fsp3) is 0.588. The van der Waals surface area contributed by atoms with Crippen molar-refractivity contribution in [2.24, 2.45) is 5.73 Å². The van der Waals surface area contributed by atoms with Gasteiger partial charge in [-0.3, -0.25) is 9.69 Å². The van der Waals surface area contributed by atoms with E-state index in [0.29, 0.717) is 6.54 Å². The highest BCUT2D eigenvalue weighted by atomic mass is 16.2. The SMILES string of the molecule is CCC(N)C(c1ccc(C)cc1)N1CCNC(=O)C1CC. The van der Waals surface area contributed by atoms with Crippen molar-refractivity contribution in [2.45, 2.75) is 51.7 Å². The van der Waals surface area contributed by atoms with Crippen LogP contribution in [0.3, 0.4) is 0 Å². The van der Waals surface area contributed by atoms with E-state index in [0.717, 1.165) is 19.4 Å². The van der Waals surface area contributed by atoms with Crippen molar-refractivity contribution in [1.29, 1.82) is 0 Å². The van der Waals surface area contributed by atoms with Crippen LogP contribution in [0.1, 0.15) is 43.9 Å². The fourth-order valence-electron chi connectivity index (χ4n) is 3.16. The summed E-state index contributed by atoms with van der Waals surface area (Å²) in [7, 11) is 0. The zero-order chi connectivity index (χ0) is 15.4. The lowest BCUT2D eigenvalue weighted by atomic mass is 9.92. The molecule has 1 aromatic rings. The molecule has 0 spiro atoms. The van der Waals surface area contributed by atoms with Crippen LogP contribution in [0.5, 0.6) is 0 Å². The lowest BCUT2D eigenvalue weighted by Gasteiger charge is -2.42. The molecule has 1 aliphatic heterocycles. The summed E-state index contributed by atoms with van der Waals surface area (Å²) in [5.74, 6) is 0.129. The van der Waals surface area contributed by atoms with E-state index in [1.54, 1.807) is 0 Å². The second-order valence-corrected chi connectivity index (χ2v) is 5.88. The molecule has 21 heavy (non-hydrogen) atoms. The van der Waals surface area contributed by atoms with Gasteiger partial charge in [-0.25, -0.2) is 0 Å². The van der Waals surface area contributed by atoms with Crippen molar-refractivity contribution < 1.29 is 4.79 Å². The second-order valence-electron chi connectivity index (χ2n) is 5.88. The molecular formula is C17H27N3O. The Morgan fingerprint density at radius 1 is 1.33 bits per heavy atom. The molecule has 0 radical (unpaired) electrons. The van der Waals surface area contributed by atoms with Gasteiger partial charge in [0.1, 0.15) is 0 Å². The highest BCUT2D eigenvalue weighted by molar-refractivity contribution is 5.82. The Morgan fingerprint density at radius 3 is 2.57 bits per heavy atom. The molecule has 116 valence electrons. The summed E-state index contributed by atoms with van der Waals surface area (Å²) in [4.78, 5) is 14.4. The van der Waals surface area contributed by atoms with Gasteiger partial charge in [-0.1, -0.05) is 43.7 Å². The van der Waals surface area contributed by atoms with Crippen molar-refractivity contribution in [3.8, 4) is 0 Å². The molecule has 4 heteroatoms. The third kappa shape index (κ3) is 3.44. The lowest BCUT2D eigenvalue weighted by molar-refractivity contribution is -0.130. The topological polar surface area (TPSA) is 58.4 Å². The Bertz CT molecular complexity index is 471. The van der Waals surface area contributed by atoms with Crippen molar-refractivity contribution >= 4 is 5.91 Å². The van der Waals surface area contributed by atoms with Crippen LogP contribution in [0, 0.1) is 6.92 Å². The van der Waals surface area contributed by atoms with Gasteiger partial charge >= 0.3 is 0 Å². The first kappa shape index (κ1) is 16.0. The van der Waals surface area contributed by atoms with Gasteiger partial charge in [0.05, 0.1) is 12.1 Å². The van der Waals surface area contributed by atoms with Gasteiger partial charge < -0.3 is 11.1 Å². The fourth-order valence-corrected chi connectivity index (χ4v) is 3.16. The van der Waals surface area contributed by atoms with Crippen molar-refractivity contribution in [1.82, 2.24) is 10.2 Å². The monoisotopic (exact) mass is 289 g/mol. The van der Waals surface area contributed by atoms with E-state index in [4.69, 9.17) is 5.73 Å². The number of nitrogens with one attached hydrogen (secondary N) is 1. The number of carbonyl (C=O) groups is 1. The first-order chi connectivity index (χ1) is 10.1. The second kappa shape index (κ2) is 7.05. The summed E-state index contributed by atoms with van der Waals surface area (Å²) in [5.41, 5.74) is 8.86. The van der Waals surface area contributed by atoms with E-state index in [2.05, 4.69) is 55.3 Å². The van der Waals surface area contributed by atoms with E-state index >= 15 is 0 Å². The average molecular weight is 289 g/mol. The minimum absolute atomic E-state index is 0.0349. The number of aryl methyl sites for hydroxylation is 1. The van der Waals surface area contributed by atoms with Crippen LogP contribution in [0.15, 0.2) is 24.3 Å². The molecule has 0 saturated carbocycles. The molecule has 2 rings (SSSR count). The molecule has 1 aliphatic rings. The summed E-state index contributed by atoms with van der Waals surface area (Å²) in [6, 6.07) is 8.59. The van der Waals surface area contributed by atoms with E-state index in [1.807, 2.05) is 0 Å². The van der Waals surface area contributed by atoms with E-state index < -0.39 is 0 Å². The maximum Gasteiger partial charge on any atom is 0.237 e. The Morgan fingerprint density at radius 2 is 2.00 bits per heavy atom. The van der Waals surface area contributed by atoms with Crippen LogP contribution >= 0.6 is 0 Å². The number of amides is 1. The minimum Gasteiger partial charge on any atom is -0.353 e. The van der Waals surface area contributed by atoms with Gasteiger partial charge in [0, 0.05) is 19.1 Å². The largest absolute Gasteiger partial charge is 0.353 e. The number of hydrogen-bond acceptors (Lipinski definition) is 3. The molecule has 1 aromatic carbocycles. The highest BCUT2D eigenvalue weighted by Crippen LogP contribution is 2.29. The van der Waals surface area contributed by atoms with E-state index in [1.165, 1.54) is 11.1 Å². The number of nitrogens with zero attached hydrogens (tertiary/aromatic N) is 1. The van der Waals surface area contributed by atoms with E-state index in [9.17, 15) is 4.79 Å². The van der Waals surface area contributed by atoms with Crippen LogP contribution < -0.4 is 11.1 Å². The van der Waals surface area contributed by atoms with Crippen LogP contribution in [0.4, 0.5) is 0 Å². The first-order valence-electron chi connectivity index (χ1n) is 7.94. The molecule has 1 heterocycles. The zero-order valence-corrected chi connectivity index (χ0v) is 13.3. The number of piperazine rings is 1. The normalized spacial score (nSPS) is 22.7. The quantitative estimate of drug-likeness (QED) is 0.871. The summed E-state index contributed by atoms with van der Waals surface area (Å²) in [5, 5.41) is 2.96. The Labute approximate surface area is 127 Å².